The number of aliphatic hydroxyl groups excluding tert-OH is 1. The molecule has 0 aliphatic rings. The van der Waals surface area contributed by atoms with Crippen molar-refractivity contribution in [1.82, 2.24) is 9.55 Å². The topological polar surface area (TPSA) is 107 Å². The van der Waals surface area contributed by atoms with Gasteiger partial charge < -0.3 is 20.0 Å². The molecule has 8 nitrogen and oxygen atoms in total. The van der Waals surface area contributed by atoms with E-state index in [1.54, 1.807) is 18.2 Å². The minimum atomic E-state index is -0.637. The molecule has 1 unspecified atom stereocenters. The van der Waals surface area contributed by atoms with Gasteiger partial charge in [0.2, 0.25) is 0 Å². The first-order valence-electron chi connectivity index (χ1n) is 7.02. The number of nitrogens with zero attached hydrogens (tertiary/aromatic N) is 3. The largest absolute Gasteiger partial charge is 0.485 e. The van der Waals surface area contributed by atoms with E-state index in [9.17, 15) is 20.0 Å². The fraction of sp³-hybridized carbons (Fsp3) is 0.333. The van der Waals surface area contributed by atoms with Crippen molar-refractivity contribution in [3.8, 4) is 5.75 Å². The molecule has 23 heavy (non-hydrogen) atoms. The van der Waals surface area contributed by atoms with Gasteiger partial charge in [-0.1, -0.05) is 18.0 Å². The Kier molecular flexibility index (Phi) is 5.07. The SMILES string of the molecule is CCC(O)c1ccc(OCc2cnc([N+](=O)[O-])n2C)c(C=O)c1. The molecule has 0 bridgehead atoms. The summed E-state index contributed by atoms with van der Waals surface area (Å²) in [6.07, 6.45) is 1.90. The van der Waals surface area contributed by atoms with E-state index in [-0.39, 0.29) is 12.6 Å². The zero-order valence-electron chi connectivity index (χ0n) is 12.8. The van der Waals surface area contributed by atoms with E-state index >= 15 is 0 Å². The molecule has 0 aliphatic heterocycles. The van der Waals surface area contributed by atoms with Crippen molar-refractivity contribution in [1.29, 1.82) is 0 Å². The molecule has 0 fully saturated rings. The van der Waals surface area contributed by atoms with Crippen LogP contribution in [0.2, 0.25) is 0 Å². The number of nitro groups is 1. The zero-order valence-corrected chi connectivity index (χ0v) is 12.8. The number of benzene rings is 1. The third-order valence-electron chi connectivity index (χ3n) is 3.53. The molecule has 1 N–H and O–H groups in total. The summed E-state index contributed by atoms with van der Waals surface area (Å²) >= 11 is 0. The van der Waals surface area contributed by atoms with Gasteiger partial charge in [0.25, 0.3) is 0 Å². The van der Waals surface area contributed by atoms with Crippen molar-refractivity contribution in [2.24, 2.45) is 7.05 Å². The maximum atomic E-state index is 11.2. The Morgan fingerprint density at radius 2 is 2.26 bits per heavy atom. The Labute approximate surface area is 132 Å². The monoisotopic (exact) mass is 319 g/mol. The van der Waals surface area contributed by atoms with Crippen LogP contribution in [0.15, 0.2) is 24.4 Å². The number of aromatic nitrogens is 2. The van der Waals surface area contributed by atoms with Crippen molar-refractivity contribution in [3.63, 3.8) is 0 Å². The van der Waals surface area contributed by atoms with E-state index in [1.807, 2.05) is 6.92 Å². The normalized spacial score (nSPS) is 12.0. The fourth-order valence-electron chi connectivity index (χ4n) is 2.12. The molecule has 8 heteroatoms. The van der Waals surface area contributed by atoms with Gasteiger partial charge in [-0.15, -0.1) is 0 Å². The molecule has 0 spiro atoms. The quantitative estimate of drug-likeness (QED) is 0.476. The zero-order chi connectivity index (χ0) is 17.0. The standard InChI is InChI=1S/C15H17N3O5/c1-3-13(20)10-4-5-14(11(6-10)8-19)23-9-12-7-16-15(17(12)2)18(21)22/h4-8,13,20H,3,9H2,1-2H3. The van der Waals surface area contributed by atoms with E-state index < -0.39 is 11.0 Å². The van der Waals surface area contributed by atoms with Gasteiger partial charge >= 0.3 is 5.95 Å². The third-order valence-corrected chi connectivity index (χ3v) is 3.53. The Morgan fingerprint density at radius 3 is 2.83 bits per heavy atom. The average molecular weight is 319 g/mol. The molecule has 2 aromatic rings. The van der Waals surface area contributed by atoms with Gasteiger partial charge in [-0.2, -0.15) is 0 Å². The highest BCUT2D eigenvalue weighted by atomic mass is 16.6. The van der Waals surface area contributed by atoms with Crippen LogP contribution in [0.5, 0.6) is 5.75 Å². The summed E-state index contributed by atoms with van der Waals surface area (Å²) in [4.78, 5) is 25.1. The number of aliphatic hydroxyl groups is 1. The van der Waals surface area contributed by atoms with Crippen molar-refractivity contribution >= 4 is 12.2 Å². The maximum absolute atomic E-state index is 11.2. The van der Waals surface area contributed by atoms with E-state index in [0.717, 1.165) is 0 Å². The lowest BCUT2D eigenvalue weighted by molar-refractivity contribution is -0.396. The summed E-state index contributed by atoms with van der Waals surface area (Å²) in [5, 5.41) is 20.6. The predicted molar refractivity (Wildman–Crippen MR) is 81.3 cm³/mol. The average Bonchev–Trinajstić information content (AvgIpc) is 2.93. The lowest BCUT2D eigenvalue weighted by Gasteiger charge is -2.12. The summed E-state index contributed by atoms with van der Waals surface area (Å²) in [5.41, 5.74) is 1.45. The molecule has 1 atom stereocenters. The molecule has 0 saturated carbocycles. The summed E-state index contributed by atoms with van der Waals surface area (Å²) in [6.45, 7) is 1.87. The highest BCUT2D eigenvalue weighted by Crippen LogP contribution is 2.25. The molecule has 1 heterocycles. The van der Waals surface area contributed by atoms with E-state index in [0.29, 0.717) is 35.3 Å². The highest BCUT2D eigenvalue weighted by molar-refractivity contribution is 5.79. The van der Waals surface area contributed by atoms with Gasteiger partial charge in [-0.3, -0.25) is 4.79 Å². The molecular formula is C15H17N3O5. The Balaban J connectivity index is 2.17. The first-order chi connectivity index (χ1) is 11.0. The fourth-order valence-corrected chi connectivity index (χ4v) is 2.12. The van der Waals surface area contributed by atoms with Gasteiger partial charge in [-0.25, -0.2) is 4.57 Å². The first-order valence-corrected chi connectivity index (χ1v) is 7.02. The van der Waals surface area contributed by atoms with Crippen LogP contribution >= 0.6 is 0 Å². The van der Waals surface area contributed by atoms with Crippen molar-refractivity contribution < 1.29 is 19.6 Å². The van der Waals surface area contributed by atoms with Crippen molar-refractivity contribution in [2.75, 3.05) is 0 Å². The molecule has 0 radical (unpaired) electrons. The Hall–Kier alpha value is -2.74. The minimum absolute atomic E-state index is 0.0356. The molecule has 122 valence electrons. The van der Waals surface area contributed by atoms with Gasteiger partial charge in [0.15, 0.2) is 12.0 Å². The Morgan fingerprint density at radius 1 is 1.52 bits per heavy atom. The van der Waals surface area contributed by atoms with Crippen LogP contribution in [0, 0.1) is 10.1 Å². The highest BCUT2D eigenvalue weighted by Gasteiger charge is 2.18. The second kappa shape index (κ2) is 7.01. The van der Waals surface area contributed by atoms with E-state index in [4.69, 9.17) is 4.74 Å². The van der Waals surface area contributed by atoms with Crippen molar-refractivity contribution in [3.05, 3.63) is 51.3 Å². The van der Waals surface area contributed by atoms with Crippen LogP contribution in [0.1, 0.15) is 41.1 Å². The summed E-state index contributed by atoms with van der Waals surface area (Å²) in [5.74, 6) is 0.0662. The number of rotatable bonds is 7. The third kappa shape index (κ3) is 3.54. The van der Waals surface area contributed by atoms with E-state index in [1.165, 1.54) is 17.8 Å². The molecule has 0 aliphatic carbocycles. The van der Waals surface area contributed by atoms with Crippen LogP contribution in [-0.4, -0.2) is 25.9 Å². The molecular weight excluding hydrogens is 302 g/mol. The molecule has 0 amide bonds. The molecule has 2 rings (SSSR count). The van der Waals surface area contributed by atoms with Gasteiger partial charge in [0.1, 0.15) is 18.6 Å². The van der Waals surface area contributed by atoms with Crippen LogP contribution < -0.4 is 4.74 Å². The summed E-state index contributed by atoms with van der Waals surface area (Å²) < 4.78 is 6.88. The first kappa shape index (κ1) is 16.6. The minimum Gasteiger partial charge on any atom is -0.485 e. The number of carbonyl (C=O) groups excluding carboxylic acids is 1. The number of aldehydes is 1. The smallest absolute Gasteiger partial charge is 0.434 e. The van der Waals surface area contributed by atoms with Crippen LogP contribution in [0.25, 0.3) is 0 Å². The van der Waals surface area contributed by atoms with E-state index in [2.05, 4.69) is 4.98 Å². The Bertz CT molecular complexity index is 726. The summed E-state index contributed by atoms with van der Waals surface area (Å²) in [6, 6.07) is 4.85. The molecule has 1 aromatic heterocycles. The number of carbonyl (C=O) groups is 1. The molecule has 1 aromatic carbocycles. The predicted octanol–water partition coefficient (Wildman–Crippen LogP) is 2.16. The second-order valence-corrected chi connectivity index (χ2v) is 4.99. The number of hydrogen-bond donors (Lipinski definition) is 1. The number of hydrogen-bond acceptors (Lipinski definition) is 6. The number of imidazole rings is 1. The lowest BCUT2D eigenvalue weighted by atomic mass is 10.0. The lowest BCUT2D eigenvalue weighted by Crippen LogP contribution is -2.06. The van der Waals surface area contributed by atoms with Gasteiger partial charge in [0.05, 0.1) is 18.7 Å². The second-order valence-electron chi connectivity index (χ2n) is 4.99. The van der Waals surface area contributed by atoms with Gasteiger partial charge in [-0.05, 0) is 29.0 Å². The van der Waals surface area contributed by atoms with Crippen LogP contribution in [0.3, 0.4) is 0 Å². The van der Waals surface area contributed by atoms with Crippen LogP contribution in [-0.2, 0) is 13.7 Å². The maximum Gasteiger partial charge on any atom is 0.434 e. The number of ether oxygens (including phenoxy) is 1. The van der Waals surface area contributed by atoms with Crippen molar-refractivity contribution in [2.45, 2.75) is 26.1 Å². The summed E-state index contributed by atoms with van der Waals surface area (Å²) in [7, 11) is 1.52. The van der Waals surface area contributed by atoms with Gasteiger partial charge in [0, 0.05) is 0 Å². The van der Waals surface area contributed by atoms with Crippen LogP contribution in [0.4, 0.5) is 5.95 Å². The molecule has 0 saturated heterocycles.